The molecule has 0 aromatic carbocycles. The fourth-order valence-corrected chi connectivity index (χ4v) is 4.62. The van der Waals surface area contributed by atoms with Crippen LogP contribution in [0.3, 0.4) is 0 Å². The van der Waals surface area contributed by atoms with Gasteiger partial charge in [0.2, 0.25) is 0 Å². The SMILES string of the molecule is CC(=[NH2+])/C(=N\NC1CCN(C2COC2)C[C@@H]1F)c1cc(OC[C@H](O)c2ncc(F)cn2)c2c(Cl)cnn2c1. The van der Waals surface area contributed by atoms with Crippen LogP contribution in [0.15, 0.2) is 36.0 Å². The molecule has 3 aromatic rings. The highest BCUT2D eigenvalue weighted by Crippen LogP contribution is 2.29. The van der Waals surface area contributed by atoms with E-state index in [9.17, 15) is 13.9 Å². The Kier molecular flexibility index (Phi) is 7.79. The molecule has 0 bridgehead atoms. The topological polar surface area (TPSA) is 135 Å². The Morgan fingerprint density at radius 1 is 1.37 bits per heavy atom. The quantitative estimate of drug-likeness (QED) is 0.257. The Morgan fingerprint density at radius 3 is 2.79 bits per heavy atom. The third kappa shape index (κ3) is 5.60. The summed E-state index contributed by atoms with van der Waals surface area (Å²) in [4.78, 5) is 9.67. The number of fused-ring (bicyclic) bond motifs is 1. The number of hydrogen-bond acceptors (Lipinski definition) is 9. The summed E-state index contributed by atoms with van der Waals surface area (Å²) >= 11 is 6.33. The second-order valence-electron chi connectivity index (χ2n) is 9.33. The fraction of sp³-hybridized carbons (Fsp3) is 0.458. The van der Waals surface area contributed by atoms with Crippen molar-refractivity contribution in [2.75, 3.05) is 32.9 Å². The van der Waals surface area contributed by atoms with E-state index in [0.717, 1.165) is 18.9 Å². The van der Waals surface area contributed by atoms with Crippen molar-refractivity contribution in [3.63, 3.8) is 0 Å². The highest BCUT2D eigenvalue weighted by molar-refractivity contribution is 6.45. The zero-order valence-electron chi connectivity index (χ0n) is 20.6. The highest BCUT2D eigenvalue weighted by Gasteiger charge is 2.35. The number of piperidine rings is 1. The molecule has 0 saturated carbocycles. The van der Waals surface area contributed by atoms with Crippen LogP contribution in [-0.4, -0.2) is 92.2 Å². The van der Waals surface area contributed by atoms with Crippen molar-refractivity contribution in [2.45, 2.75) is 37.7 Å². The summed E-state index contributed by atoms with van der Waals surface area (Å²) in [5.74, 6) is -0.319. The predicted molar refractivity (Wildman–Crippen MR) is 134 cm³/mol. The fourth-order valence-electron chi connectivity index (χ4n) is 4.39. The maximum Gasteiger partial charge on any atom is 0.198 e. The first-order valence-electron chi connectivity index (χ1n) is 12.1. The Balaban J connectivity index is 1.35. The summed E-state index contributed by atoms with van der Waals surface area (Å²) in [6, 6.07) is 1.47. The third-order valence-corrected chi connectivity index (χ3v) is 6.84. The second kappa shape index (κ2) is 11.2. The molecule has 1 unspecified atom stereocenters. The minimum atomic E-state index is -1.22. The molecule has 3 atom stereocenters. The van der Waals surface area contributed by atoms with Gasteiger partial charge in [0.25, 0.3) is 0 Å². The number of nitrogens with two attached hydrogens (primary N) is 1. The highest BCUT2D eigenvalue weighted by atomic mass is 35.5. The van der Waals surface area contributed by atoms with Crippen molar-refractivity contribution in [2.24, 2.45) is 5.10 Å². The van der Waals surface area contributed by atoms with Crippen LogP contribution in [0.5, 0.6) is 5.75 Å². The Morgan fingerprint density at radius 2 is 2.13 bits per heavy atom. The predicted octanol–water partition coefficient (Wildman–Crippen LogP) is 0.354. The number of aliphatic hydroxyl groups is 1. The van der Waals surface area contributed by atoms with Gasteiger partial charge in [0.05, 0.1) is 48.9 Å². The van der Waals surface area contributed by atoms with E-state index < -0.39 is 24.1 Å². The molecule has 3 aromatic heterocycles. The number of ether oxygens (including phenoxy) is 2. The number of halogens is 3. The lowest BCUT2D eigenvalue weighted by Gasteiger charge is -2.42. The van der Waals surface area contributed by atoms with E-state index in [1.54, 1.807) is 19.2 Å². The van der Waals surface area contributed by atoms with Crippen molar-refractivity contribution in [1.29, 1.82) is 0 Å². The van der Waals surface area contributed by atoms with E-state index in [4.69, 9.17) is 26.5 Å². The molecular formula is C24H28ClF2N8O3+. The van der Waals surface area contributed by atoms with Crippen LogP contribution >= 0.6 is 11.6 Å². The molecule has 2 aliphatic heterocycles. The monoisotopic (exact) mass is 549 g/mol. The smallest absolute Gasteiger partial charge is 0.198 e. The maximum absolute atomic E-state index is 14.9. The van der Waals surface area contributed by atoms with Crippen LogP contribution in [-0.2, 0) is 4.74 Å². The van der Waals surface area contributed by atoms with E-state index in [2.05, 4.69) is 30.5 Å². The van der Waals surface area contributed by atoms with E-state index in [1.165, 1.54) is 10.7 Å². The number of pyridine rings is 1. The lowest BCUT2D eigenvalue weighted by atomic mass is 10.0. The average Bonchev–Trinajstić information content (AvgIpc) is 3.23. The van der Waals surface area contributed by atoms with Gasteiger partial charge in [-0.05, 0) is 12.5 Å². The van der Waals surface area contributed by atoms with Crippen molar-refractivity contribution in [1.82, 2.24) is 29.9 Å². The van der Waals surface area contributed by atoms with Gasteiger partial charge < -0.3 is 20.0 Å². The number of likely N-dealkylation sites (tertiary alicyclic amines) is 1. The van der Waals surface area contributed by atoms with E-state index >= 15 is 0 Å². The molecule has 0 spiro atoms. The number of hydrogen-bond donors (Lipinski definition) is 3. The summed E-state index contributed by atoms with van der Waals surface area (Å²) in [5, 5.41) is 25.6. The standard InChI is InChI=1S/C24H27ClF2N8O3/c1-13(28)22(33-32-19-2-3-34(9-18(19)27)16-10-37-11-16)14-4-21(23-17(25)7-31-35(23)8-14)38-12-20(36)24-29-5-15(26)6-30-24/h4-8,16,18-20,28,32,36H,2-3,9-12H2,1H3/p+1/b28-13?,33-22+/t18-,19?,20-/m0/s1. The van der Waals surface area contributed by atoms with Crippen LogP contribution in [0.1, 0.15) is 30.8 Å². The van der Waals surface area contributed by atoms with Gasteiger partial charge in [-0.25, -0.2) is 23.3 Å². The first-order chi connectivity index (χ1) is 18.3. The number of nitrogens with zero attached hydrogens (tertiary/aromatic N) is 6. The molecule has 2 fully saturated rings. The Labute approximate surface area is 221 Å². The first kappa shape index (κ1) is 26.4. The molecule has 2 aliphatic rings. The average molecular weight is 550 g/mol. The van der Waals surface area contributed by atoms with Crippen LogP contribution in [0.2, 0.25) is 5.02 Å². The van der Waals surface area contributed by atoms with Crippen LogP contribution in [0, 0.1) is 5.82 Å². The number of alkyl halides is 1. The second-order valence-corrected chi connectivity index (χ2v) is 9.74. The van der Waals surface area contributed by atoms with E-state index in [0.29, 0.717) is 59.5 Å². The van der Waals surface area contributed by atoms with Gasteiger partial charge in [0.1, 0.15) is 30.1 Å². The summed E-state index contributed by atoms with van der Waals surface area (Å²) in [5.41, 5.74) is 4.73. The molecule has 4 N–H and O–H groups in total. The molecule has 202 valence electrons. The first-order valence-corrected chi connectivity index (χ1v) is 12.5. The molecule has 5 rings (SSSR count). The molecule has 11 nitrogen and oxygen atoms in total. The third-order valence-electron chi connectivity index (χ3n) is 6.57. The van der Waals surface area contributed by atoms with Crippen molar-refractivity contribution in [3.8, 4) is 5.75 Å². The number of aromatic nitrogens is 4. The summed E-state index contributed by atoms with van der Waals surface area (Å²) in [6.07, 6.45) is 3.31. The van der Waals surface area contributed by atoms with Crippen molar-refractivity contribution in [3.05, 3.63) is 53.1 Å². The van der Waals surface area contributed by atoms with Crippen LogP contribution in [0.4, 0.5) is 8.78 Å². The summed E-state index contributed by atoms with van der Waals surface area (Å²) < 4.78 is 40.6. The zero-order chi connectivity index (χ0) is 26.8. The van der Waals surface area contributed by atoms with Crippen molar-refractivity contribution >= 4 is 28.5 Å². The molecule has 5 heterocycles. The number of hydrazone groups is 1. The lowest BCUT2D eigenvalue weighted by molar-refractivity contribution is -0.111. The van der Waals surface area contributed by atoms with Crippen LogP contribution < -0.4 is 15.6 Å². The molecule has 0 amide bonds. The minimum Gasteiger partial charge on any atom is -0.488 e. The molecule has 14 heteroatoms. The summed E-state index contributed by atoms with van der Waals surface area (Å²) in [6.45, 7) is 3.80. The van der Waals surface area contributed by atoms with Gasteiger partial charge in [-0.1, -0.05) is 11.6 Å². The van der Waals surface area contributed by atoms with Gasteiger partial charge in [-0.3, -0.25) is 10.3 Å². The van der Waals surface area contributed by atoms with E-state index in [1.807, 2.05) is 0 Å². The van der Waals surface area contributed by atoms with E-state index in [-0.39, 0.29) is 18.5 Å². The normalized spacial score (nSPS) is 21.8. The Hall–Kier alpha value is -3.26. The Bertz CT molecular complexity index is 1330. The number of rotatable bonds is 9. The maximum atomic E-state index is 14.9. The molecule has 0 radical (unpaired) electrons. The van der Waals surface area contributed by atoms with Gasteiger partial charge in [-0.2, -0.15) is 10.2 Å². The van der Waals surface area contributed by atoms with Gasteiger partial charge in [-0.15, -0.1) is 0 Å². The number of nitrogens with one attached hydrogen (secondary N) is 1. The summed E-state index contributed by atoms with van der Waals surface area (Å²) in [7, 11) is 0. The van der Waals surface area contributed by atoms with Crippen molar-refractivity contribution < 1.29 is 28.8 Å². The lowest BCUT2D eigenvalue weighted by Crippen LogP contribution is -2.58. The van der Waals surface area contributed by atoms with Gasteiger partial charge in [0.15, 0.2) is 23.1 Å². The minimum absolute atomic E-state index is 0.00688. The molecule has 38 heavy (non-hydrogen) atoms. The largest absolute Gasteiger partial charge is 0.488 e. The zero-order valence-corrected chi connectivity index (χ0v) is 21.4. The van der Waals surface area contributed by atoms with Crippen LogP contribution in [0.25, 0.3) is 5.52 Å². The van der Waals surface area contributed by atoms with Gasteiger partial charge in [0, 0.05) is 31.8 Å². The molecule has 2 saturated heterocycles. The number of aliphatic hydroxyl groups excluding tert-OH is 1. The molecular weight excluding hydrogens is 522 g/mol. The molecule has 0 aliphatic carbocycles. The van der Waals surface area contributed by atoms with Gasteiger partial charge >= 0.3 is 0 Å².